The Bertz CT molecular complexity index is 269. The predicted molar refractivity (Wildman–Crippen MR) is 62.8 cm³/mol. The summed E-state index contributed by atoms with van der Waals surface area (Å²) in [6.07, 6.45) is 0.606. The molecule has 2 N–H and O–H groups in total. The minimum Gasteiger partial charge on any atom is -0.339 e. The monoisotopic (exact) mass is 248 g/mol. The Hall–Kier alpha value is -0.710. The van der Waals surface area contributed by atoms with Crippen LogP contribution in [0.1, 0.15) is 39.5 Å². The molecule has 1 atom stereocenters. The van der Waals surface area contributed by atoms with Crippen LogP contribution in [0.15, 0.2) is 0 Å². The fourth-order valence-corrected chi connectivity index (χ4v) is 2.38. The predicted octanol–water partition coefficient (Wildman–Crippen LogP) is 2.01. The molecule has 0 aromatic heterocycles. The Kier molecular flexibility index (Phi) is 4.86. The van der Waals surface area contributed by atoms with Crippen LogP contribution in [0.5, 0.6) is 0 Å². The Morgan fingerprint density at radius 3 is 2.65 bits per heavy atom. The second-order valence-electron chi connectivity index (χ2n) is 5.06. The van der Waals surface area contributed by atoms with Gasteiger partial charge >= 0.3 is 0 Å². The van der Waals surface area contributed by atoms with Crippen molar-refractivity contribution in [1.82, 2.24) is 4.90 Å². The first-order chi connectivity index (χ1) is 7.87. The normalized spacial score (nSPS) is 23.8. The Morgan fingerprint density at radius 2 is 2.18 bits per heavy atom. The third-order valence-electron chi connectivity index (χ3n) is 3.27. The molecular formula is C12H22F2N2O. The van der Waals surface area contributed by atoms with Crippen molar-refractivity contribution in [2.24, 2.45) is 11.7 Å². The van der Waals surface area contributed by atoms with E-state index < -0.39 is 11.8 Å². The number of alkyl halides is 2. The third-order valence-corrected chi connectivity index (χ3v) is 3.27. The molecular weight excluding hydrogens is 226 g/mol. The van der Waals surface area contributed by atoms with Gasteiger partial charge in [-0.05, 0) is 26.7 Å². The summed E-state index contributed by atoms with van der Waals surface area (Å²) in [6.45, 7) is 4.58. The van der Waals surface area contributed by atoms with E-state index in [0.29, 0.717) is 25.9 Å². The van der Waals surface area contributed by atoms with Crippen molar-refractivity contribution in [3.8, 4) is 0 Å². The van der Waals surface area contributed by atoms with Crippen molar-refractivity contribution >= 4 is 5.91 Å². The maximum atomic E-state index is 13.3. The zero-order chi connectivity index (χ0) is 13.1. The van der Waals surface area contributed by atoms with Gasteiger partial charge in [-0.15, -0.1) is 0 Å². The van der Waals surface area contributed by atoms with E-state index in [1.54, 1.807) is 4.90 Å². The van der Waals surface area contributed by atoms with E-state index in [1.807, 2.05) is 13.8 Å². The number of nitrogens with zero attached hydrogens (tertiary/aromatic N) is 1. The lowest BCUT2D eigenvalue weighted by atomic mass is 9.85. The van der Waals surface area contributed by atoms with Crippen LogP contribution >= 0.6 is 0 Å². The molecule has 17 heavy (non-hydrogen) atoms. The molecule has 0 radical (unpaired) electrons. The van der Waals surface area contributed by atoms with E-state index in [9.17, 15) is 13.6 Å². The summed E-state index contributed by atoms with van der Waals surface area (Å²) in [5.41, 5.74) is 5.45. The van der Waals surface area contributed by atoms with Crippen LogP contribution in [0.2, 0.25) is 0 Å². The molecule has 1 aliphatic rings. The number of amides is 1. The van der Waals surface area contributed by atoms with Crippen LogP contribution in [0, 0.1) is 5.92 Å². The number of nitrogens with two attached hydrogens (primary N) is 1. The van der Waals surface area contributed by atoms with Gasteiger partial charge in [-0.2, -0.15) is 0 Å². The van der Waals surface area contributed by atoms with Crippen molar-refractivity contribution in [1.29, 1.82) is 0 Å². The summed E-state index contributed by atoms with van der Waals surface area (Å²) in [4.78, 5) is 13.8. The Morgan fingerprint density at radius 1 is 1.53 bits per heavy atom. The molecule has 0 saturated heterocycles. The first kappa shape index (κ1) is 14.4. The van der Waals surface area contributed by atoms with Gasteiger partial charge in [0.2, 0.25) is 11.8 Å². The van der Waals surface area contributed by atoms with Gasteiger partial charge in [-0.3, -0.25) is 4.79 Å². The Balaban J connectivity index is 2.66. The fourth-order valence-electron chi connectivity index (χ4n) is 2.38. The standard InChI is InChI=1S/C12H22F2N2O/c1-9(2)16(7-6-15)11(17)10-4-3-5-12(13,14)8-10/h9-10H,3-8,15H2,1-2H3. The minimum atomic E-state index is -2.68. The van der Waals surface area contributed by atoms with E-state index in [1.165, 1.54) is 0 Å². The molecule has 1 fully saturated rings. The van der Waals surface area contributed by atoms with E-state index >= 15 is 0 Å². The van der Waals surface area contributed by atoms with Crippen molar-refractivity contribution in [2.45, 2.75) is 51.5 Å². The van der Waals surface area contributed by atoms with Gasteiger partial charge in [0.1, 0.15) is 0 Å². The summed E-state index contributed by atoms with van der Waals surface area (Å²) < 4.78 is 26.5. The number of hydrogen-bond donors (Lipinski definition) is 1. The smallest absolute Gasteiger partial charge is 0.248 e. The van der Waals surface area contributed by atoms with Gasteiger partial charge in [-0.25, -0.2) is 8.78 Å². The van der Waals surface area contributed by atoms with Crippen LogP contribution < -0.4 is 5.73 Å². The highest BCUT2D eigenvalue weighted by Gasteiger charge is 2.40. The lowest BCUT2D eigenvalue weighted by molar-refractivity contribution is -0.144. The molecule has 3 nitrogen and oxygen atoms in total. The van der Waals surface area contributed by atoms with Gasteiger partial charge in [0.25, 0.3) is 0 Å². The van der Waals surface area contributed by atoms with Crippen molar-refractivity contribution in [2.75, 3.05) is 13.1 Å². The number of carbonyl (C=O) groups is 1. The second-order valence-corrected chi connectivity index (χ2v) is 5.06. The summed E-state index contributed by atoms with van der Waals surface area (Å²) in [5.74, 6) is -3.37. The van der Waals surface area contributed by atoms with Crippen LogP contribution in [0.3, 0.4) is 0 Å². The SMILES string of the molecule is CC(C)N(CCN)C(=O)C1CCCC(F)(F)C1. The van der Waals surface area contributed by atoms with Crippen molar-refractivity contribution in [3.05, 3.63) is 0 Å². The summed E-state index contributed by atoms with van der Waals surface area (Å²) >= 11 is 0. The van der Waals surface area contributed by atoms with Gasteiger partial charge in [-0.1, -0.05) is 0 Å². The highest BCUT2D eigenvalue weighted by Crippen LogP contribution is 2.37. The fraction of sp³-hybridized carbons (Fsp3) is 0.917. The molecule has 1 rings (SSSR count). The zero-order valence-electron chi connectivity index (χ0n) is 10.6. The van der Waals surface area contributed by atoms with E-state index in [4.69, 9.17) is 5.73 Å². The van der Waals surface area contributed by atoms with Crippen LogP contribution in [0.25, 0.3) is 0 Å². The molecule has 5 heteroatoms. The second kappa shape index (κ2) is 5.76. The van der Waals surface area contributed by atoms with Gasteiger partial charge < -0.3 is 10.6 Å². The average Bonchev–Trinajstić information content (AvgIpc) is 2.23. The molecule has 1 aliphatic carbocycles. The molecule has 0 spiro atoms. The van der Waals surface area contributed by atoms with Crippen molar-refractivity contribution < 1.29 is 13.6 Å². The molecule has 100 valence electrons. The maximum Gasteiger partial charge on any atom is 0.248 e. The molecule has 1 amide bonds. The minimum absolute atomic E-state index is 0.0154. The molecule has 1 unspecified atom stereocenters. The molecule has 0 aliphatic heterocycles. The molecule has 0 aromatic rings. The average molecular weight is 248 g/mol. The molecule has 0 bridgehead atoms. The van der Waals surface area contributed by atoms with E-state index in [2.05, 4.69) is 0 Å². The summed E-state index contributed by atoms with van der Waals surface area (Å²) in [6, 6.07) is 0.0154. The highest BCUT2D eigenvalue weighted by molar-refractivity contribution is 5.79. The maximum absolute atomic E-state index is 13.3. The lowest BCUT2D eigenvalue weighted by Gasteiger charge is -2.34. The number of carbonyl (C=O) groups excluding carboxylic acids is 1. The summed E-state index contributed by atoms with van der Waals surface area (Å²) in [7, 11) is 0. The number of rotatable bonds is 4. The molecule has 0 heterocycles. The van der Waals surface area contributed by atoms with E-state index in [-0.39, 0.29) is 24.8 Å². The topological polar surface area (TPSA) is 46.3 Å². The number of halogens is 2. The molecule has 1 saturated carbocycles. The van der Waals surface area contributed by atoms with Crippen molar-refractivity contribution in [3.63, 3.8) is 0 Å². The van der Waals surface area contributed by atoms with Gasteiger partial charge in [0.15, 0.2) is 0 Å². The zero-order valence-corrected chi connectivity index (χ0v) is 10.6. The first-order valence-electron chi connectivity index (χ1n) is 6.26. The summed E-state index contributed by atoms with van der Waals surface area (Å²) in [5, 5.41) is 0. The quantitative estimate of drug-likeness (QED) is 0.827. The molecule has 0 aromatic carbocycles. The van der Waals surface area contributed by atoms with Gasteiger partial charge in [0, 0.05) is 37.9 Å². The van der Waals surface area contributed by atoms with E-state index in [0.717, 1.165) is 0 Å². The van der Waals surface area contributed by atoms with Gasteiger partial charge in [0.05, 0.1) is 0 Å². The highest BCUT2D eigenvalue weighted by atomic mass is 19.3. The largest absolute Gasteiger partial charge is 0.339 e. The lowest BCUT2D eigenvalue weighted by Crippen LogP contribution is -2.45. The first-order valence-corrected chi connectivity index (χ1v) is 6.26. The van der Waals surface area contributed by atoms with Crippen LogP contribution in [0.4, 0.5) is 8.78 Å². The number of hydrogen-bond acceptors (Lipinski definition) is 2. The van der Waals surface area contributed by atoms with Crippen LogP contribution in [-0.4, -0.2) is 35.9 Å². The third kappa shape index (κ3) is 3.91. The van der Waals surface area contributed by atoms with Crippen LogP contribution in [-0.2, 0) is 4.79 Å². The Labute approximate surface area is 101 Å².